The van der Waals surface area contributed by atoms with E-state index in [4.69, 9.17) is 0 Å². The number of aryl methyl sites for hydroxylation is 2. The molecular weight excluding hydrogens is 235 g/mol. The van der Waals surface area contributed by atoms with Crippen LogP contribution in [0.4, 0.5) is 8.78 Å². The molecule has 0 aliphatic rings. The van der Waals surface area contributed by atoms with E-state index in [0.717, 1.165) is 5.56 Å². The Labute approximate surface area is 96.2 Å². The second-order valence-corrected chi connectivity index (χ2v) is 2.76. The zero-order valence-corrected chi connectivity index (χ0v) is 10.2. The van der Waals surface area contributed by atoms with Crippen molar-refractivity contribution in [3.05, 3.63) is 34.4 Å². The summed E-state index contributed by atoms with van der Waals surface area (Å²) in [6.07, 6.45) is 0. The number of rotatable bonds is 0. The smallest absolute Gasteiger partial charge is 0.162 e. The fraction of sp³-hybridized carbons (Fsp3) is 0.333. The topological polar surface area (TPSA) is 0 Å². The molecule has 0 atom stereocenters. The van der Waals surface area contributed by atoms with Gasteiger partial charge in [-0.3, -0.25) is 0 Å². The first-order chi connectivity index (χ1) is 5.04. The van der Waals surface area contributed by atoms with Crippen LogP contribution in [0.2, 0.25) is 0 Å². The first kappa shape index (κ1) is 12.2. The van der Waals surface area contributed by atoms with E-state index in [1.807, 2.05) is 0 Å². The third-order valence-electron chi connectivity index (χ3n) is 1.89. The molecule has 0 aliphatic heterocycles. The third kappa shape index (κ3) is 2.11. The van der Waals surface area contributed by atoms with Gasteiger partial charge in [0.15, 0.2) is 11.6 Å². The van der Waals surface area contributed by atoms with E-state index < -0.39 is 11.6 Å². The Kier molecular flexibility index (Phi) is 4.50. The predicted octanol–water partition coefficient (Wildman–Crippen LogP) is 2.89. The van der Waals surface area contributed by atoms with Crippen LogP contribution in [-0.4, -0.2) is 0 Å². The van der Waals surface area contributed by atoms with Gasteiger partial charge in [0.1, 0.15) is 0 Å². The Bertz CT molecular complexity index is 269. The van der Waals surface area contributed by atoms with Crippen LogP contribution in [0.25, 0.3) is 0 Å². The second-order valence-electron chi connectivity index (χ2n) is 2.76. The van der Waals surface area contributed by atoms with Gasteiger partial charge in [-0.15, -0.1) is 0 Å². The van der Waals surface area contributed by atoms with E-state index in [1.165, 1.54) is 0 Å². The van der Waals surface area contributed by atoms with E-state index in [0.29, 0.717) is 11.1 Å². The Balaban J connectivity index is 0.00000121. The summed E-state index contributed by atoms with van der Waals surface area (Å²) in [6.45, 7) is 4.91. The summed E-state index contributed by atoms with van der Waals surface area (Å²) < 4.78 is 25.7. The largest absolute Gasteiger partial charge is 0.203 e. The van der Waals surface area contributed by atoms with Gasteiger partial charge in [0.2, 0.25) is 0 Å². The van der Waals surface area contributed by atoms with Crippen molar-refractivity contribution < 1.29 is 41.5 Å². The Morgan fingerprint density at radius 2 is 1.42 bits per heavy atom. The maximum Gasteiger partial charge on any atom is 0.162 e. The Morgan fingerprint density at radius 3 is 1.92 bits per heavy atom. The van der Waals surface area contributed by atoms with Crippen molar-refractivity contribution >= 4 is 0 Å². The number of hydrogen-bond donors (Lipinski definition) is 0. The molecule has 0 nitrogen and oxygen atoms in total. The summed E-state index contributed by atoms with van der Waals surface area (Å²) in [7, 11) is 0. The average Bonchev–Trinajstić information content (AvgIpc) is 1.97. The molecule has 63 valence electrons. The molecule has 0 aliphatic carbocycles. The summed E-state index contributed by atoms with van der Waals surface area (Å²) in [5, 5.41) is 0. The van der Waals surface area contributed by atoms with Gasteiger partial charge in [0.25, 0.3) is 0 Å². The van der Waals surface area contributed by atoms with Gasteiger partial charge in [0, 0.05) is 32.7 Å². The van der Waals surface area contributed by atoms with Crippen molar-refractivity contribution in [3.8, 4) is 0 Å². The van der Waals surface area contributed by atoms with Crippen molar-refractivity contribution in [2.75, 3.05) is 0 Å². The van der Waals surface area contributed by atoms with Gasteiger partial charge >= 0.3 is 0 Å². The SMILES string of the molecule is Cc1cc(C)c(F)c(F)c1C.[Y]. The van der Waals surface area contributed by atoms with Gasteiger partial charge in [0.05, 0.1) is 0 Å². The Hall–Kier alpha value is 0.184. The van der Waals surface area contributed by atoms with Crippen LogP contribution < -0.4 is 0 Å². The third-order valence-corrected chi connectivity index (χ3v) is 1.89. The fourth-order valence-corrected chi connectivity index (χ4v) is 1.01. The minimum atomic E-state index is -0.729. The van der Waals surface area contributed by atoms with E-state index >= 15 is 0 Å². The quantitative estimate of drug-likeness (QED) is 0.659. The maximum atomic E-state index is 12.9. The molecule has 3 heteroatoms. The molecule has 1 aromatic carbocycles. The minimum absolute atomic E-state index is 0. The summed E-state index contributed by atoms with van der Waals surface area (Å²) >= 11 is 0. The van der Waals surface area contributed by atoms with Crippen molar-refractivity contribution in [1.29, 1.82) is 0 Å². The van der Waals surface area contributed by atoms with Crippen LogP contribution in [0.1, 0.15) is 16.7 Å². The maximum absolute atomic E-state index is 12.9. The zero-order chi connectivity index (χ0) is 8.59. The molecule has 0 amide bonds. The van der Waals surface area contributed by atoms with E-state index in [-0.39, 0.29) is 32.7 Å². The summed E-state index contributed by atoms with van der Waals surface area (Å²) in [6, 6.07) is 1.65. The molecule has 1 aromatic rings. The average molecular weight is 245 g/mol. The molecular formula is C9H10F2Y. The van der Waals surface area contributed by atoms with Crippen LogP contribution in [0.5, 0.6) is 0 Å². The predicted molar refractivity (Wildman–Crippen MR) is 40.6 cm³/mol. The van der Waals surface area contributed by atoms with Crippen LogP contribution in [0.15, 0.2) is 6.07 Å². The fourth-order valence-electron chi connectivity index (χ4n) is 1.01. The van der Waals surface area contributed by atoms with E-state index in [2.05, 4.69) is 0 Å². The molecule has 0 unspecified atom stereocenters. The molecule has 0 N–H and O–H groups in total. The Morgan fingerprint density at radius 1 is 0.917 bits per heavy atom. The second kappa shape index (κ2) is 4.43. The molecule has 12 heavy (non-hydrogen) atoms. The monoisotopic (exact) mass is 245 g/mol. The normalized spacial score (nSPS) is 9.42. The summed E-state index contributed by atoms with van der Waals surface area (Å²) in [5.41, 5.74) is 1.56. The molecule has 0 spiro atoms. The molecule has 0 saturated heterocycles. The van der Waals surface area contributed by atoms with Crippen molar-refractivity contribution in [1.82, 2.24) is 0 Å². The first-order valence-corrected chi connectivity index (χ1v) is 3.46. The van der Waals surface area contributed by atoms with Gasteiger partial charge in [-0.25, -0.2) is 8.78 Å². The number of benzene rings is 1. The molecule has 0 aromatic heterocycles. The molecule has 0 heterocycles. The van der Waals surface area contributed by atoms with E-state index in [9.17, 15) is 8.78 Å². The van der Waals surface area contributed by atoms with Crippen LogP contribution >= 0.6 is 0 Å². The van der Waals surface area contributed by atoms with Crippen LogP contribution in [-0.2, 0) is 32.7 Å². The van der Waals surface area contributed by atoms with Crippen molar-refractivity contribution in [3.63, 3.8) is 0 Å². The molecule has 1 radical (unpaired) electrons. The number of hydrogen-bond acceptors (Lipinski definition) is 0. The van der Waals surface area contributed by atoms with E-state index in [1.54, 1.807) is 26.8 Å². The zero-order valence-electron chi connectivity index (χ0n) is 7.41. The summed E-state index contributed by atoms with van der Waals surface area (Å²) in [5.74, 6) is -1.45. The molecule has 0 fully saturated rings. The first-order valence-electron chi connectivity index (χ1n) is 3.46. The summed E-state index contributed by atoms with van der Waals surface area (Å²) in [4.78, 5) is 0. The molecule has 1 rings (SSSR count). The standard InChI is InChI=1S/C9H10F2.Y/c1-5-4-6(2)8(10)9(11)7(5)3;/h4H,1-3H3;. The van der Waals surface area contributed by atoms with Gasteiger partial charge in [-0.1, -0.05) is 6.07 Å². The van der Waals surface area contributed by atoms with Crippen LogP contribution in [0.3, 0.4) is 0 Å². The van der Waals surface area contributed by atoms with Gasteiger partial charge < -0.3 is 0 Å². The van der Waals surface area contributed by atoms with Gasteiger partial charge in [-0.2, -0.15) is 0 Å². The molecule has 0 saturated carbocycles. The van der Waals surface area contributed by atoms with Gasteiger partial charge in [-0.05, 0) is 37.5 Å². The molecule has 0 bridgehead atoms. The minimum Gasteiger partial charge on any atom is -0.203 e. The number of halogens is 2. The van der Waals surface area contributed by atoms with Crippen molar-refractivity contribution in [2.24, 2.45) is 0 Å². The van der Waals surface area contributed by atoms with Crippen molar-refractivity contribution in [2.45, 2.75) is 20.8 Å². The van der Waals surface area contributed by atoms with Crippen LogP contribution in [0, 0.1) is 32.4 Å².